The summed E-state index contributed by atoms with van der Waals surface area (Å²) >= 11 is 0. The molecule has 0 aromatic carbocycles. The van der Waals surface area contributed by atoms with Crippen LogP contribution < -0.4 is 0 Å². The molecule has 0 aromatic rings. The molecule has 1 N–H and O–H groups in total. The Hall–Kier alpha value is -2.40. The minimum Gasteiger partial charge on any atom is -0.462 e. The summed E-state index contributed by atoms with van der Waals surface area (Å²) in [6.45, 7) is 3.99. The molecule has 0 saturated carbocycles. The normalized spacial score (nSPS) is 12.7. The fourth-order valence-electron chi connectivity index (χ4n) is 6.19. The number of esters is 2. The maximum atomic E-state index is 12.2. The van der Waals surface area contributed by atoms with E-state index in [0.29, 0.717) is 12.8 Å². The van der Waals surface area contributed by atoms with Gasteiger partial charge in [-0.3, -0.25) is 9.59 Å². The molecule has 0 aliphatic heterocycles. The zero-order chi connectivity index (χ0) is 38.6. The van der Waals surface area contributed by atoms with E-state index in [1.807, 2.05) is 0 Å². The van der Waals surface area contributed by atoms with Gasteiger partial charge in [0.25, 0.3) is 0 Å². The largest absolute Gasteiger partial charge is 0.462 e. The third kappa shape index (κ3) is 42.2. The highest BCUT2D eigenvalue weighted by Gasteiger charge is 2.16. The lowest BCUT2D eigenvalue weighted by Crippen LogP contribution is -2.28. The van der Waals surface area contributed by atoms with Crippen molar-refractivity contribution < 1.29 is 24.2 Å². The van der Waals surface area contributed by atoms with Crippen LogP contribution >= 0.6 is 0 Å². The van der Waals surface area contributed by atoms with E-state index >= 15 is 0 Å². The van der Waals surface area contributed by atoms with Gasteiger partial charge in [0, 0.05) is 12.8 Å². The summed E-state index contributed by atoms with van der Waals surface area (Å²) in [6.07, 6.45) is 57.3. The lowest BCUT2D eigenvalue weighted by atomic mass is 10.0. The number of hydrogen-bond donors (Lipinski definition) is 1. The maximum Gasteiger partial charge on any atom is 0.306 e. The van der Waals surface area contributed by atoms with Crippen LogP contribution in [-0.2, 0) is 19.1 Å². The summed E-state index contributed by atoms with van der Waals surface area (Å²) in [7, 11) is 0. The Morgan fingerprint density at radius 3 is 1.25 bits per heavy atom. The molecule has 0 aromatic heterocycles. The number of unbranched alkanes of at least 4 members (excludes halogenated alkanes) is 22. The van der Waals surface area contributed by atoms with Gasteiger partial charge in [0.2, 0.25) is 0 Å². The van der Waals surface area contributed by atoms with E-state index in [2.05, 4.69) is 74.6 Å². The van der Waals surface area contributed by atoms with E-state index < -0.39 is 6.10 Å². The lowest BCUT2D eigenvalue weighted by molar-refractivity contribution is -0.161. The third-order valence-corrected chi connectivity index (χ3v) is 9.55. The summed E-state index contributed by atoms with van der Waals surface area (Å²) in [5.41, 5.74) is 0. The van der Waals surface area contributed by atoms with Gasteiger partial charge >= 0.3 is 11.9 Å². The molecular formula is C48H84O5. The molecule has 0 spiro atoms. The Balaban J connectivity index is 3.50. The molecule has 0 amide bonds. The first-order valence-corrected chi connectivity index (χ1v) is 22.3. The molecule has 0 fully saturated rings. The average Bonchev–Trinajstić information content (AvgIpc) is 3.16. The smallest absolute Gasteiger partial charge is 0.306 e. The van der Waals surface area contributed by atoms with Crippen molar-refractivity contribution in [3.8, 4) is 0 Å². The zero-order valence-electron chi connectivity index (χ0n) is 34.8. The van der Waals surface area contributed by atoms with E-state index in [0.717, 1.165) is 70.6 Å². The predicted molar refractivity (Wildman–Crippen MR) is 228 cm³/mol. The second kappa shape index (κ2) is 44.0. The number of aliphatic hydroxyl groups is 1. The molecule has 0 bridgehead atoms. The summed E-state index contributed by atoms with van der Waals surface area (Å²) in [6, 6.07) is 0. The average molecular weight is 741 g/mol. The van der Waals surface area contributed by atoms with E-state index in [1.165, 1.54) is 116 Å². The second-order valence-electron chi connectivity index (χ2n) is 14.7. The fourth-order valence-corrected chi connectivity index (χ4v) is 6.19. The van der Waals surface area contributed by atoms with E-state index in [1.54, 1.807) is 0 Å². The van der Waals surface area contributed by atoms with Crippen LogP contribution in [0.4, 0.5) is 0 Å². The van der Waals surface area contributed by atoms with E-state index in [4.69, 9.17) is 9.47 Å². The minimum atomic E-state index is -0.775. The number of aliphatic hydroxyl groups excluding tert-OH is 1. The van der Waals surface area contributed by atoms with Crippen molar-refractivity contribution in [1.82, 2.24) is 0 Å². The van der Waals surface area contributed by atoms with Crippen molar-refractivity contribution in [2.24, 2.45) is 0 Å². The van der Waals surface area contributed by atoms with Crippen LogP contribution in [0.3, 0.4) is 0 Å². The molecule has 0 heterocycles. The van der Waals surface area contributed by atoms with Crippen molar-refractivity contribution in [1.29, 1.82) is 0 Å². The molecule has 1 atom stereocenters. The molecular weight excluding hydrogens is 657 g/mol. The summed E-state index contributed by atoms with van der Waals surface area (Å²) < 4.78 is 10.6. The molecule has 306 valence electrons. The van der Waals surface area contributed by atoms with Gasteiger partial charge in [0.1, 0.15) is 6.61 Å². The molecule has 53 heavy (non-hydrogen) atoms. The second-order valence-corrected chi connectivity index (χ2v) is 14.7. The highest BCUT2D eigenvalue weighted by atomic mass is 16.6. The first kappa shape index (κ1) is 50.6. The zero-order valence-corrected chi connectivity index (χ0v) is 34.8. The number of allylic oxidation sites excluding steroid dienone is 10. The molecule has 0 rings (SSSR count). The fraction of sp³-hybridized carbons (Fsp3) is 0.750. The molecule has 1 unspecified atom stereocenters. The maximum absolute atomic E-state index is 12.2. The number of hydrogen-bond acceptors (Lipinski definition) is 5. The van der Waals surface area contributed by atoms with Crippen molar-refractivity contribution >= 4 is 11.9 Å². The minimum absolute atomic E-state index is 0.0705. The van der Waals surface area contributed by atoms with Crippen LogP contribution in [0.1, 0.15) is 213 Å². The Morgan fingerprint density at radius 2 is 0.811 bits per heavy atom. The van der Waals surface area contributed by atoms with Crippen LogP contribution in [0.2, 0.25) is 0 Å². The van der Waals surface area contributed by atoms with Gasteiger partial charge in [-0.05, 0) is 77.0 Å². The van der Waals surface area contributed by atoms with Gasteiger partial charge in [0.05, 0.1) is 6.61 Å². The summed E-state index contributed by atoms with van der Waals surface area (Å²) in [5, 5.41) is 9.57. The van der Waals surface area contributed by atoms with Gasteiger partial charge < -0.3 is 14.6 Å². The number of carbonyl (C=O) groups excluding carboxylic acids is 2. The van der Waals surface area contributed by atoms with Crippen LogP contribution in [0.15, 0.2) is 60.8 Å². The lowest BCUT2D eigenvalue weighted by Gasteiger charge is -2.15. The van der Waals surface area contributed by atoms with Crippen molar-refractivity contribution in [2.75, 3.05) is 13.2 Å². The van der Waals surface area contributed by atoms with Gasteiger partial charge in [0.15, 0.2) is 6.10 Å². The molecule has 0 radical (unpaired) electrons. The third-order valence-electron chi connectivity index (χ3n) is 9.55. The van der Waals surface area contributed by atoms with Crippen LogP contribution in [0, 0.1) is 0 Å². The predicted octanol–water partition coefficient (Wildman–Crippen LogP) is 14.3. The van der Waals surface area contributed by atoms with E-state index in [9.17, 15) is 14.7 Å². The number of carbonyl (C=O) groups is 2. The van der Waals surface area contributed by atoms with Crippen LogP contribution in [0.5, 0.6) is 0 Å². The first-order chi connectivity index (χ1) is 26.1. The first-order valence-electron chi connectivity index (χ1n) is 22.3. The SMILES string of the molecule is CC/C=C\C/C=C\C/C=C\C/C=C\CCCCCCCCCCCCCCCCC(=O)OC(CO)COC(=O)CCCCCCC/C=C\CCCCC. The molecule has 5 nitrogen and oxygen atoms in total. The van der Waals surface area contributed by atoms with E-state index in [-0.39, 0.29) is 25.2 Å². The number of rotatable bonds is 40. The molecule has 0 aliphatic rings. The quantitative estimate of drug-likeness (QED) is 0.0385. The standard InChI is InChI=1S/C48H84O5/c1-3-5-7-9-11-13-15-17-18-19-20-21-22-23-24-25-26-27-28-29-30-31-33-35-37-39-41-43-48(51)53-46(44-49)45-52-47(50)42-40-38-36-34-32-16-14-12-10-8-6-4-2/h5,7,11-14,17-18,20-21,46,49H,3-4,6,8-10,15-16,19,22-45H2,1-2H3/b7-5-,13-11-,14-12-,18-17-,21-20-. The monoisotopic (exact) mass is 741 g/mol. The van der Waals surface area contributed by atoms with Crippen molar-refractivity contribution in [3.05, 3.63) is 60.8 Å². The molecule has 0 saturated heterocycles. The topological polar surface area (TPSA) is 72.8 Å². The molecule has 0 aliphatic carbocycles. The van der Waals surface area contributed by atoms with Gasteiger partial charge in [-0.15, -0.1) is 0 Å². The Kier molecular flexibility index (Phi) is 42.0. The van der Waals surface area contributed by atoms with Gasteiger partial charge in [-0.1, -0.05) is 184 Å². The highest BCUT2D eigenvalue weighted by Crippen LogP contribution is 2.15. The van der Waals surface area contributed by atoms with Crippen LogP contribution in [-0.4, -0.2) is 36.4 Å². The highest BCUT2D eigenvalue weighted by molar-refractivity contribution is 5.70. The van der Waals surface area contributed by atoms with Crippen molar-refractivity contribution in [2.45, 2.75) is 219 Å². The van der Waals surface area contributed by atoms with Gasteiger partial charge in [-0.2, -0.15) is 0 Å². The summed E-state index contributed by atoms with van der Waals surface area (Å²) in [5.74, 6) is -0.601. The number of ether oxygens (including phenoxy) is 2. The van der Waals surface area contributed by atoms with Gasteiger partial charge in [-0.25, -0.2) is 0 Å². The Bertz CT molecular complexity index is 930. The van der Waals surface area contributed by atoms with Crippen LogP contribution in [0.25, 0.3) is 0 Å². The summed E-state index contributed by atoms with van der Waals surface area (Å²) in [4.78, 5) is 24.3. The van der Waals surface area contributed by atoms with Crippen molar-refractivity contribution in [3.63, 3.8) is 0 Å². The molecule has 5 heteroatoms. The Labute approximate surface area is 328 Å². The Morgan fingerprint density at radius 1 is 0.453 bits per heavy atom.